The Morgan fingerprint density at radius 1 is 1.10 bits per heavy atom. The molecule has 166 valence electrons. The van der Waals surface area contributed by atoms with Gasteiger partial charge in [-0.2, -0.15) is 11.8 Å². The third-order valence-corrected chi connectivity index (χ3v) is 7.81. The molecule has 2 aliphatic rings. The Morgan fingerprint density at radius 3 is 2.65 bits per heavy atom. The first-order valence-electron chi connectivity index (χ1n) is 10.9. The predicted molar refractivity (Wildman–Crippen MR) is 129 cm³/mol. The molecule has 31 heavy (non-hydrogen) atoms. The van der Waals surface area contributed by atoms with Crippen molar-refractivity contribution in [3.05, 3.63) is 51.7 Å². The number of amides is 2. The molecule has 2 atom stereocenters. The zero-order valence-corrected chi connectivity index (χ0v) is 19.3. The summed E-state index contributed by atoms with van der Waals surface area (Å²) in [6, 6.07) is 9.33. The minimum absolute atomic E-state index is 0.00643. The maximum atomic E-state index is 12.9. The van der Waals surface area contributed by atoms with E-state index in [1.807, 2.05) is 47.5 Å². The zero-order valence-electron chi connectivity index (χ0n) is 17.6. The van der Waals surface area contributed by atoms with Crippen LogP contribution < -0.4 is 16.4 Å². The van der Waals surface area contributed by atoms with Gasteiger partial charge in [-0.15, -0.1) is 11.3 Å². The Kier molecular flexibility index (Phi) is 7.66. The van der Waals surface area contributed by atoms with Gasteiger partial charge in [0.25, 0.3) is 11.8 Å². The Balaban J connectivity index is 1.53. The second-order valence-electron chi connectivity index (χ2n) is 8.22. The van der Waals surface area contributed by atoms with E-state index in [1.54, 1.807) is 0 Å². The van der Waals surface area contributed by atoms with E-state index in [2.05, 4.69) is 15.5 Å². The lowest BCUT2D eigenvalue weighted by Gasteiger charge is -2.29. The molecule has 1 saturated carbocycles. The van der Waals surface area contributed by atoms with Gasteiger partial charge >= 0.3 is 0 Å². The minimum Gasteiger partial charge on any atom is -0.348 e. The van der Waals surface area contributed by atoms with Crippen LogP contribution in [0.25, 0.3) is 0 Å². The number of nitrogens with two attached hydrogens (primary N) is 1. The molecule has 4 rings (SSSR count). The first kappa shape index (κ1) is 22.3. The summed E-state index contributed by atoms with van der Waals surface area (Å²) in [6.07, 6.45) is 4.07. The predicted octanol–water partition coefficient (Wildman–Crippen LogP) is 3.55. The van der Waals surface area contributed by atoms with Gasteiger partial charge in [0.15, 0.2) is 0 Å². The van der Waals surface area contributed by atoms with Crippen LogP contribution in [0.5, 0.6) is 0 Å². The maximum Gasteiger partial charge on any atom is 0.265 e. The van der Waals surface area contributed by atoms with Crippen LogP contribution in [-0.2, 0) is 6.54 Å². The second-order valence-corrected chi connectivity index (χ2v) is 10.4. The fourth-order valence-electron chi connectivity index (χ4n) is 4.15. The molecule has 2 fully saturated rings. The Morgan fingerprint density at radius 2 is 1.90 bits per heavy atom. The van der Waals surface area contributed by atoms with Crippen LogP contribution in [0.3, 0.4) is 0 Å². The summed E-state index contributed by atoms with van der Waals surface area (Å²) in [4.78, 5) is 28.7. The molecule has 6 nitrogen and oxygen atoms in total. The summed E-state index contributed by atoms with van der Waals surface area (Å²) in [5.41, 5.74) is 8.49. The molecule has 1 aromatic heterocycles. The smallest absolute Gasteiger partial charge is 0.265 e. The lowest BCUT2D eigenvalue weighted by atomic mass is 9.91. The van der Waals surface area contributed by atoms with Crippen molar-refractivity contribution < 1.29 is 9.59 Å². The molecule has 0 spiro atoms. The van der Waals surface area contributed by atoms with E-state index in [4.69, 9.17) is 5.73 Å². The Hall–Kier alpha value is -1.87. The summed E-state index contributed by atoms with van der Waals surface area (Å²) >= 11 is 3.38. The van der Waals surface area contributed by atoms with Crippen molar-refractivity contribution in [3.63, 3.8) is 0 Å². The van der Waals surface area contributed by atoms with Crippen molar-refractivity contribution in [1.82, 2.24) is 10.2 Å². The second kappa shape index (κ2) is 10.6. The number of hydrogen-bond acceptors (Lipinski definition) is 6. The van der Waals surface area contributed by atoms with Gasteiger partial charge in [0.05, 0.1) is 4.88 Å². The van der Waals surface area contributed by atoms with Crippen molar-refractivity contribution in [3.8, 4) is 0 Å². The van der Waals surface area contributed by atoms with Crippen molar-refractivity contribution in [2.75, 3.05) is 29.9 Å². The number of anilines is 1. The number of thioether (sulfide) groups is 1. The minimum atomic E-state index is -0.141. The number of hydrogen-bond donors (Lipinski definition) is 3. The highest BCUT2D eigenvalue weighted by molar-refractivity contribution is 7.99. The number of carbonyl (C=O) groups excluding carboxylic acids is 2. The van der Waals surface area contributed by atoms with E-state index in [0.717, 1.165) is 62.4 Å². The van der Waals surface area contributed by atoms with Gasteiger partial charge in [0.1, 0.15) is 0 Å². The lowest BCUT2D eigenvalue weighted by Crippen LogP contribution is -2.49. The molecule has 1 saturated heterocycles. The third-order valence-electron chi connectivity index (χ3n) is 6.00. The molecule has 1 aliphatic carbocycles. The van der Waals surface area contributed by atoms with Gasteiger partial charge in [-0.3, -0.25) is 14.5 Å². The summed E-state index contributed by atoms with van der Waals surface area (Å²) in [6.45, 7) is 2.82. The van der Waals surface area contributed by atoms with E-state index in [-0.39, 0.29) is 23.9 Å². The van der Waals surface area contributed by atoms with E-state index in [1.165, 1.54) is 11.3 Å². The molecule has 0 radical (unpaired) electrons. The molecule has 2 heterocycles. The van der Waals surface area contributed by atoms with Crippen LogP contribution in [0.4, 0.5) is 5.69 Å². The molecule has 1 aliphatic heterocycles. The molecule has 8 heteroatoms. The van der Waals surface area contributed by atoms with Crippen LogP contribution in [0.1, 0.15) is 51.3 Å². The van der Waals surface area contributed by atoms with E-state index in [9.17, 15) is 9.59 Å². The topological polar surface area (TPSA) is 87.5 Å². The molecule has 4 N–H and O–H groups in total. The number of thiophene rings is 1. The third kappa shape index (κ3) is 5.88. The fraction of sp³-hybridized carbons (Fsp3) is 0.478. The van der Waals surface area contributed by atoms with Gasteiger partial charge < -0.3 is 16.4 Å². The summed E-state index contributed by atoms with van der Waals surface area (Å²) in [7, 11) is 0. The van der Waals surface area contributed by atoms with Crippen LogP contribution >= 0.6 is 23.1 Å². The average Bonchev–Trinajstić information content (AvgIpc) is 3.32. The highest BCUT2D eigenvalue weighted by Gasteiger charge is 2.24. The molecule has 2 unspecified atom stereocenters. The first-order valence-corrected chi connectivity index (χ1v) is 13.0. The van der Waals surface area contributed by atoms with Gasteiger partial charge in [-0.25, -0.2) is 0 Å². The van der Waals surface area contributed by atoms with Gasteiger partial charge in [0.2, 0.25) is 0 Å². The number of carbonyl (C=O) groups is 2. The Labute approximate surface area is 192 Å². The van der Waals surface area contributed by atoms with Gasteiger partial charge in [0, 0.05) is 54.5 Å². The van der Waals surface area contributed by atoms with Crippen LogP contribution in [-0.4, -0.2) is 53.4 Å². The van der Waals surface area contributed by atoms with Gasteiger partial charge in [-0.05, 0) is 42.0 Å². The summed E-state index contributed by atoms with van der Waals surface area (Å²) in [5.74, 6) is 1.98. The number of nitrogens with one attached hydrogen (secondary N) is 2. The van der Waals surface area contributed by atoms with E-state index < -0.39 is 0 Å². The van der Waals surface area contributed by atoms with Crippen LogP contribution in [0.2, 0.25) is 0 Å². The van der Waals surface area contributed by atoms with Crippen molar-refractivity contribution in [1.29, 1.82) is 0 Å². The quantitative estimate of drug-likeness (QED) is 0.616. The SMILES string of the molecule is NC1CCCCC1NC(=O)c1ccc(CN2CCSCC2)c(NC(=O)c2cccs2)c1. The van der Waals surface area contributed by atoms with E-state index >= 15 is 0 Å². The number of nitrogens with zero attached hydrogens (tertiary/aromatic N) is 1. The van der Waals surface area contributed by atoms with E-state index in [0.29, 0.717) is 16.1 Å². The number of benzene rings is 1. The number of rotatable bonds is 6. The summed E-state index contributed by atoms with van der Waals surface area (Å²) in [5, 5.41) is 8.04. The Bertz CT molecular complexity index is 897. The van der Waals surface area contributed by atoms with Gasteiger partial charge in [-0.1, -0.05) is 25.0 Å². The molecular formula is C23H30N4O2S2. The monoisotopic (exact) mass is 458 g/mol. The largest absolute Gasteiger partial charge is 0.348 e. The molecule has 2 aromatic rings. The fourth-order valence-corrected chi connectivity index (χ4v) is 5.75. The van der Waals surface area contributed by atoms with Crippen molar-refractivity contribution >= 4 is 40.6 Å². The lowest BCUT2D eigenvalue weighted by molar-refractivity contribution is 0.0920. The average molecular weight is 459 g/mol. The summed E-state index contributed by atoms with van der Waals surface area (Å²) < 4.78 is 0. The zero-order chi connectivity index (χ0) is 21.6. The van der Waals surface area contributed by atoms with Crippen molar-refractivity contribution in [2.45, 2.75) is 44.3 Å². The first-order chi connectivity index (χ1) is 15.1. The molecule has 0 bridgehead atoms. The molecule has 1 aromatic carbocycles. The highest BCUT2D eigenvalue weighted by atomic mass is 32.2. The normalized spacial score (nSPS) is 22.1. The van der Waals surface area contributed by atoms with Crippen molar-refractivity contribution in [2.24, 2.45) is 5.73 Å². The van der Waals surface area contributed by atoms with Crippen LogP contribution in [0.15, 0.2) is 35.7 Å². The standard InChI is InChI=1S/C23H30N4O2S2/c24-18-4-1-2-5-19(18)25-22(28)16-7-8-17(15-27-9-12-30-13-10-27)20(14-16)26-23(29)21-6-3-11-31-21/h3,6-8,11,14,18-19H,1-2,4-5,9-10,12-13,15,24H2,(H,25,28)(H,26,29). The highest BCUT2D eigenvalue weighted by Crippen LogP contribution is 2.24. The van der Waals surface area contributed by atoms with Crippen LogP contribution in [0, 0.1) is 0 Å². The molecular weight excluding hydrogens is 428 g/mol. The maximum absolute atomic E-state index is 12.9. The molecule has 2 amide bonds.